The van der Waals surface area contributed by atoms with E-state index in [9.17, 15) is 9.59 Å². The van der Waals surface area contributed by atoms with Gasteiger partial charge in [-0.25, -0.2) is 0 Å². The van der Waals surface area contributed by atoms with Gasteiger partial charge in [-0.2, -0.15) is 0 Å². The Morgan fingerprint density at radius 3 is 2.37 bits per heavy atom. The summed E-state index contributed by atoms with van der Waals surface area (Å²) < 4.78 is 0. The first-order valence-corrected chi connectivity index (χ1v) is 11.4. The number of carbonyl (C=O) groups is 2. The number of nitrogens with zero attached hydrogens (tertiary/aromatic N) is 2. The molecule has 1 fully saturated rings. The first kappa shape index (κ1) is 22.1. The summed E-state index contributed by atoms with van der Waals surface area (Å²) in [4.78, 5) is 28.7. The van der Waals surface area contributed by atoms with Gasteiger partial charge in [-0.1, -0.05) is 60.2 Å². The van der Waals surface area contributed by atoms with E-state index in [1.54, 1.807) is 0 Å². The highest BCUT2D eigenvalue weighted by Gasteiger charge is 2.20. The average Bonchev–Trinajstić information content (AvgIpc) is 2.76. The molecule has 2 amide bonds. The number of benzene rings is 2. The van der Waals surface area contributed by atoms with Gasteiger partial charge < -0.3 is 10.2 Å². The van der Waals surface area contributed by atoms with Crippen LogP contribution >= 0.6 is 11.8 Å². The van der Waals surface area contributed by atoms with E-state index in [-0.39, 0.29) is 17.6 Å². The largest absolute Gasteiger partial charge is 0.339 e. The third kappa shape index (κ3) is 7.35. The third-order valence-corrected chi connectivity index (χ3v) is 5.91. The van der Waals surface area contributed by atoms with Gasteiger partial charge >= 0.3 is 0 Å². The predicted molar refractivity (Wildman–Crippen MR) is 126 cm³/mol. The van der Waals surface area contributed by atoms with Crippen LogP contribution in [0.4, 0.5) is 5.69 Å². The summed E-state index contributed by atoms with van der Waals surface area (Å²) >= 11 is 1.37. The lowest BCUT2D eigenvalue weighted by molar-refractivity contribution is -0.130. The van der Waals surface area contributed by atoms with E-state index in [1.165, 1.54) is 17.3 Å². The summed E-state index contributed by atoms with van der Waals surface area (Å²) in [5, 5.41) is 2.86. The topological polar surface area (TPSA) is 52.7 Å². The molecule has 0 atom stereocenters. The van der Waals surface area contributed by atoms with Crippen molar-refractivity contribution in [2.75, 3.05) is 49.5 Å². The molecule has 0 spiro atoms. The predicted octanol–water partition coefficient (Wildman–Crippen LogP) is 3.52. The van der Waals surface area contributed by atoms with Gasteiger partial charge in [0.25, 0.3) is 0 Å². The number of piperazine rings is 1. The van der Waals surface area contributed by atoms with Crippen LogP contribution in [0.15, 0.2) is 60.7 Å². The van der Waals surface area contributed by atoms with Gasteiger partial charge in [0, 0.05) is 38.4 Å². The van der Waals surface area contributed by atoms with E-state index >= 15 is 0 Å². The van der Waals surface area contributed by atoms with Crippen molar-refractivity contribution in [3.05, 3.63) is 71.8 Å². The van der Waals surface area contributed by atoms with Crippen LogP contribution in [-0.2, 0) is 9.59 Å². The first-order valence-electron chi connectivity index (χ1n) is 10.3. The van der Waals surface area contributed by atoms with E-state index in [1.807, 2.05) is 54.3 Å². The Balaban J connectivity index is 1.30. The monoisotopic (exact) mass is 423 g/mol. The van der Waals surface area contributed by atoms with Crippen molar-refractivity contribution in [3.63, 3.8) is 0 Å². The fourth-order valence-electron chi connectivity index (χ4n) is 3.24. The highest BCUT2D eigenvalue weighted by molar-refractivity contribution is 8.00. The van der Waals surface area contributed by atoms with Gasteiger partial charge in [-0.3, -0.25) is 14.5 Å². The normalized spacial score (nSPS) is 14.8. The van der Waals surface area contributed by atoms with Crippen LogP contribution in [0.25, 0.3) is 6.08 Å². The van der Waals surface area contributed by atoms with Gasteiger partial charge in [0.2, 0.25) is 11.8 Å². The van der Waals surface area contributed by atoms with Crippen LogP contribution in [-0.4, -0.2) is 65.8 Å². The lowest BCUT2D eigenvalue weighted by atomic mass is 10.2. The van der Waals surface area contributed by atoms with E-state index in [4.69, 9.17) is 0 Å². The molecule has 0 aromatic heterocycles. The summed E-state index contributed by atoms with van der Waals surface area (Å²) in [6, 6.07) is 18.0. The second-order valence-electron chi connectivity index (χ2n) is 7.40. The highest BCUT2D eigenvalue weighted by Crippen LogP contribution is 2.11. The number of carbonyl (C=O) groups excluding carboxylic acids is 2. The zero-order valence-corrected chi connectivity index (χ0v) is 18.2. The Hall–Kier alpha value is -2.57. The molecular formula is C24H29N3O2S. The quantitative estimate of drug-likeness (QED) is 0.706. The van der Waals surface area contributed by atoms with Crippen LogP contribution in [0.1, 0.15) is 11.1 Å². The number of anilines is 1. The Kier molecular flexibility index (Phi) is 8.53. The van der Waals surface area contributed by atoms with Gasteiger partial charge in [-0.15, -0.1) is 11.8 Å². The minimum atomic E-state index is -0.0772. The number of aryl methyl sites for hydroxylation is 1. The molecule has 0 saturated carbocycles. The number of nitrogens with one attached hydrogen (secondary N) is 1. The van der Waals surface area contributed by atoms with Crippen molar-refractivity contribution in [2.24, 2.45) is 0 Å². The summed E-state index contributed by atoms with van der Waals surface area (Å²) in [5.41, 5.74) is 3.14. The molecule has 1 aliphatic heterocycles. The minimum Gasteiger partial charge on any atom is -0.339 e. The molecule has 0 bridgehead atoms. The Morgan fingerprint density at radius 1 is 0.967 bits per heavy atom. The molecule has 3 rings (SSSR count). The highest BCUT2D eigenvalue weighted by atomic mass is 32.2. The molecule has 30 heavy (non-hydrogen) atoms. The van der Waals surface area contributed by atoms with Gasteiger partial charge in [0.15, 0.2) is 0 Å². The average molecular weight is 424 g/mol. The molecule has 1 saturated heterocycles. The maximum atomic E-state index is 12.4. The van der Waals surface area contributed by atoms with Crippen LogP contribution in [0.2, 0.25) is 0 Å². The molecule has 158 valence electrons. The fraction of sp³-hybridized carbons (Fsp3) is 0.333. The van der Waals surface area contributed by atoms with Gasteiger partial charge in [-0.05, 0) is 24.6 Å². The SMILES string of the molecule is Cc1ccc(NC(=O)CSCC(=O)N2CCN(C/C=C/c3ccccc3)CC2)cc1. The molecule has 0 aliphatic carbocycles. The van der Waals surface area contributed by atoms with E-state index in [0.717, 1.165) is 44.0 Å². The number of hydrogen-bond donors (Lipinski definition) is 1. The van der Waals surface area contributed by atoms with Crippen LogP contribution < -0.4 is 5.32 Å². The summed E-state index contributed by atoms with van der Waals surface area (Å²) in [7, 11) is 0. The van der Waals surface area contributed by atoms with Crippen molar-refractivity contribution in [1.82, 2.24) is 9.80 Å². The van der Waals surface area contributed by atoms with Crippen molar-refractivity contribution < 1.29 is 9.59 Å². The summed E-state index contributed by atoms with van der Waals surface area (Å²) in [6.07, 6.45) is 4.31. The second kappa shape index (κ2) is 11.6. The number of amides is 2. The molecule has 6 heteroatoms. The summed E-state index contributed by atoms with van der Waals surface area (Å²) in [6.45, 7) is 6.15. The second-order valence-corrected chi connectivity index (χ2v) is 8.39. The number of rotatable bonds is 8. The van der Waals surface area contributed by atoms with E-state index < -0.39 is 0 Å². The summed E-state index contributed by atoms with van der Waals surface area (Å²) in [5.74, 6) is 0.660. The van der Waals surface area contributed by atoms with Gasteiger partial charge in [0.05, 0.1) is 11.5 Å². The molecular weight excluding hydrogens is 394 g/mol. The minimum absolute atomic E-state index is 0.0772. The molecule has 1 aliphatic rings. The lowest BCUT2D eigenvalue weighted by Gasteiger charge is -2.34. The van der Waals surface area contributed by atoms with Crippen molar-refractivity contribution in [1.29, 1.82) is 0 Å². The zero-order valence-electron chi connectivity index (χ0n) is 17.4. The molecule has 2 aromatic carbocycles. The Morgan fingerprint density at radius 2 is 1.67 bits per heavy atom. The maximum absolute atomic E-state index is 12.4. The van der Waals surface area contributed by atoms with Gasteiger partial charge in [0.1, 0.15) is 0 Å². The van der Waals surface area contributed by atoms with E-state index in [0.29, 0.717) is 5.75 Å². The lowest BCUT2D eigenvalue weighted by Crippen LogP contribution is -2.49. The molecule has 5 nitrogen and oxygen atoms in total. The zero-order chi connectivity index (χ0) is 21.2. The molecule has 0 radical (unpaired) electrons. The smallest absolute Gasteiger partial charge is 0.234 e. The number of thioether (sulfide) groups is 1. The van der Waals surface area contributed by atoms with Crippen molar-refractivity contribution >= 4 is 35.3 Å². The van der Waals surface area contributed by atoms with Crippen LogP contribution in [0.3, 0.4) is 0 Å². The van der Waals surface area contributed by atoms with Crippen molar-refractivity contribution in [2.45, 2.75) is 6.92 Å². The van der Waals surface area contributed by atoms with E-state index in [2.05, 4.69) is 34.5 Å². The van der Waals surface area contributed by atoms with Crippen molar-refractivity contribution in [3.8, 4) is 0 Å². The molecule has 1 heterocycles. The molecule has 0 unspecified atom stereocenters. The Bertz CT molecular complexity index is 845. The number of hydrogen-bond acceptors (Lipinski definition) is 4. The first-order chi connectivity index (χ1) is 14.6. The van der Waals surface area contributed by atoms with Crippen LogP contribution in [0, 0.1) is 6.92 Å². The fourth-order valence-corrected chi connectivity index (χ4v) is 3.95. The molecule has 2 aromatic rings. The Labute approximate surface area is 183 Å². The standard InChI is InChI=1S/C24H29N3O2S/c1-20-9-11-22(12-10-20)25-23(28)18-30-19-24(29)27-16-14-26(15-17-27)13-5-8-21-6-3-2-4-7-21/h2-12H,13-19H2,1H3,(H,25,28)/b8-5+. The van der Waals surface area contributed by atoms with Crippen LogP contribution in [0.5, 0.6) is 0 Å². The maximum Gasteiger partial charge on any atom is 0.234 e. The third-order valence-electron chi connectivity index (χ3n) is 4.99. The molecule has 1 N–H and O–H groups in total.